The van der Waals surface area contributed by atoms with Gasteiger partial charge in [0, 0.05) is 25.0 Å². The molecule has 1 saturated carbocycles. The molecule has 0 aromatic heterocycles. The topological polar surface area (TPSA) is 58.5 Å². The van der Waals surface area contributed by atoms with Crippen molar-refractivity contribution in [3.05, 3.63) is 41.7 Å². The molecule has 0 radical (unpaired) electrons. The predicted octanol–water partition coefficient (Wildman–Crippen LogP) is 3.02. The Kier molecular flexibility index (Phi) is 5.86. The van der Waals surface area contributed by atoms with Gasteiger partial charge >= 0.3 is 0 Å². The van der Waals surface area contributed by atoms with Crippen molar-refractivity contribution in [2.45, 2.75) is 39.0 Å². The molecule has 1 fully saturated rings. The summed E-state index contributed by atoms with van der Waals surface area (Å²) < 4.78 is 0. The lowest BCUT2D eigenvalue weighted by molar-refractivity contribution is 0.345. The van der Waals surface area contributed by atoms with Gasteiger partial charge in [-0.15, -0.1) is 0 Å². The molecule has 4 N–H and O–H groups in total. The smallest absolute Gasteiger partial charge is 0.0571 e. The Morgan fingerprint density at radius 1 is 1.41 bits per heavy atom. The number of nitrogens with zero attached hydrogens (tertiary/aromatic N) is 2. The van der Waals surface area contributed by atoms with Crippen LogP contribution >= 0.6 is 0 Å². The molecule has 1 atom stereocenters. The third kappa shape index (κ3) is 5.04. The quantitative estimate of drug-likeness (QED) is 0.572. The Morgan fingerprint density at radius 3 is 2.77 bits per heavy atom. The number of nitrogens with two attached hydrogens (primary N) is 2. The van der Waals surface area contributed by atoms with Gasteiger partial charge in [0.05, 0.1) is 5.69 Å². The predicted molar refractivity (Wildman–Crippen MR) is 94.3 cm³/mol. The molecule has 0 bridgehead atoms. The lowest BCUT2D eigenvalue weighted by atomic mass is 9.98. The summed E-state index contributed by atoms with van der Waals surface area (Å²) in [6.07, 6.45) is 5.68. The van der Waals surface area contributed by atoms with Crippen molar-refractivity contribution in [1.29, 1.82) is 0 Å². The second-order valence-corrected chi connectivity index (χ2v) is 6.66. The fraction of sp³-hybridized carbons (Fsp3) is 0.556. The number of rotatable bonds is 8. The van der Waals surface area contributed by atoms with E-state index in [4.69, 9.17) is 11.6 Å². The van der Waals surface area contributed by atoms with Crippen LogP contribution in [0.4, 0.5) is 5.69 Å². The molecule has 4 heteroatoms. The van der Waals surface area contributed by atoms with Crippen LogP contribution < -0.4 is 16.6 Å². The standard InChI is InChI=1S/C18H30N4/c1-4-14(2)16-6-5-7-18(10-16)22(20)13-17(19)12-21(3)11-15-8-9-15/h5-7,10,13-15H,4,8-9,11-12,19-20H2,1-3H3/b17-13-. The van der Waals surface area contributed by atoms with Crippen LogP contribution in [0.3, 0.4) is 0 Å². The largest absolute Gasteiger partial charge is 0.400 e. The van der Waals surface area contributed by atoms with E-state index in [0.29, 0.717) is 5.92 Å². The number of anilines is 1. The number of hydrogen-bond donors (Lipinski definition) is 2. The van der Waals surface area contributed by atoms with E-state index in [9.17, 15) is 0 Å². The van der Waals surface area contributed by atoms with E-state index in [1.807, 2.05) is 12.3 Å². The van der Waals surface area contributed by atoms with Gasteiger partial charge in [0.25, 0.3) is 0 Å². The van der Waals surface area contributed by atoms with Crippen molar-refractivity contribution in [1.82, 2.24) is 4.90 Å². The summed E-state index contributed by atoms with van der Waals surface area (Å²) >= 11 is 0. The third-order valence-corrected chi connectivity index (χ3v) is 4.37. The molecule has 0 aliphatic heterocycles. The molecule has 2 rings (SSSR count). The van der Waals surface area contributed by atoms with Gasteiger partial charge in [-0.2, -0.15) is 0 Å². The van der Waals surface area contributed by atoms with Gasteiger partial charge in [0.2, 0.25) is 0 Å². The fourth-order valence-corrected chi connectivity index (χ4v) is 2.64. The van der Waals surface area contributed by atoms with Gasteiger partial charge in [0.15, 0.2) is 0 Å². The summed E-state index contributed by atoms with van der Waals surface area (Å²) in [5.74, 6) is 7.57. The van der Waals surface area contributed by atoms with E-state index in [1.54, 1.807) is 5.01 Å². The highest BCUT2D eigenvalue weighted by molar-refractivity contribution is 5.50. The maximum atomic E-state index is 6.15. The summed E-state index contributed by atoms with van der Waals surface area (Å²) in [6.45, 7) is 6.32. The molecule has 0 saturated heterocycles. The first-order chi connectivity index (χ1) is 10.5. The molecule has 1 aliphatic carbocycles. The van der Waals surface area contributed by atoms with E-state index in [-0.39, 0.29) is 0 Å². The summed E-state index contributed by atoms with van der Waals surface area (Å²) in [7, 11) is 2.11. The maximum Gasteiger partial charge on any atom is 0.0571 e. The first-order valence-corrected chi connectivity index (χ1v) is 8.28. The summed E-state index contributed by atoms with van der Waals surface area (Å²) in [5.41, 5.74) is 9.21. The fourth-order valence-electron chi connectivity index (χ4n) is 2.64. The Labute approximate surface area is 134 Å². The second-order valence-electron chi connectivity index (χ2n) is 6.66. The Hall–Kier alpha value is -1.52. The van der Waals surface area contributed by atoms with Crippen molar-refractivity contribution < 1.29 is 0 Å². The molecule has 0 heterocycles. The van der Waals surface area contributed by atoms with E-state index in [0.717, 1.165) is 36.8 Å². The minimum absolute atomic E-state index is 0.541. The van der Waals surface area contributed by atoms with Crippen LogP contribution in [0.1, 0.15) is 44.6 Å². The van der Waals surface area contributed by atoms with E-state index >= 15 is 0 Å². The first-order valence-electron chi connectivity index (χ1n) is 8.28. The zero-order valence-electron chi connectivity index (χ0n) is 14.1. The molecule has 0 amide bonds. The lowest BCUT2D eigenvalue weighted by Crippen LogP contribution is -2.30. The molecule has 1 unspecified atom stereocenters. The maximum absolute atomic E-state index is 6.15. The second kappa shape index (κ2) is 7.65. The molecular weight excluding hydrogens is 272 g/mol. The van der Waals surface area contributed by atoms with E-state index in [1.165, 1.54) is 18.4 Å². The monoisotopic (exact) mass is 302 g/mol. The highest BCUT2D eigenvalue weighted by atomic mass is 15.4. The first kappa shape index (κ1) is 16.8. The van der Waals surface area contributed by atoms with Crippen LogP contribution in [0, 0.1) is 5.92 Å². The van der Waals surface area contributed by atoms with Crippen LogP contribution in [0.15, 0.2) is 36.2 Å². The molecular formula is C18H30N4. The van der Waals surface area contributed by atoms with Crippen molar-refractivity contribution in [3.8, 4) is 0 Å². The highest BCUT2D eigenvalue weighted by Crippen LogP contribution is 2.29. The molecule has 22 heavy (non-hydrogen) atoms. The molecule has 122 valence electrons. The summed E-state index contributed by atoms with van der Waals surface area (Å²) in [5, 5.41) is 1.63. The zero-order chi connectivity index (χ0) is 16.1. The normalized spacial score (nSPS) is 16.9. The Bertz CT molecular complexity index is 508. The van der Waals surface area contributed by atoms with Gasteiger partial charge in [-0.05, 0) is 55.8 Å². The van der Waals surface area contributed by atoms with Crippen LogP contribution in [-0.2, 0) is 0 Å². The Balaban J connectivity index is 1.97. The van der Waals surface area contributed by atoms with Gasteiger partial charge in [-0.3, -0.25) is 5.01 Å². The SMILES string of the molecule is CCC(C)c1cccc(N(N)/C=C(\N)CN(C)CC2CC2)c1. The van der Waals surface area contributed by atoms with Crippen LogP contribution in [0.2, 0.25) is 0 Å². The van der Waals surface area contributed by atoms with Gasteiger partial charge in [0.1, 0.15) is 0 Å². The number of benzene rings is 1. The molecule has 1 aromatic rings. The Morgan fingerprint density at radius 2 is 2.14 bits per heavy atom. The minimum Gasteiger partial charge on any atom is -0.400 e. The lowest BCUT2D eigenvalue weighted by Gasteiger charge is -2.20. The number of hydrazine groups is 1. The highest BCUT2D eigenvalue weighted by Gasteiger charge is 2.22. The van der Waals surface area contributed by atoms with E-state index in [2.05, 4.69) is 44.0 Å². The van der Waals surface area contributed by atoms with E-state index < -0.39 is 0 Å². The van der Waals surface area contributed by atoms with Crippen molar-refractivity contribution in [2.24, 2.45) is 17.5 Å². The average molecular weight is 302 g/mol. The van der Waals surface area contributed by atoms with Crippen LogP contribution in [0.25, 0.3) is 0 Å². The van der Waals surface area contributed by atoms with Crippen LogP contribution in [0.5, 0.6) is 0 Å². The van der Waals surface area contributed by atoms with Crippen molar-refractivity contribution in [3.63, 3.8) is 0 Å². The molecule has 1 aliphatic rings. The average Bonchev–Trinajstić information content (AvgIpc) is 3.29. The van der Waals surface area contributed by atoms with Gasteiger partial charge < -0.3 is 10.6 Å². The minimum atomic E-state index is 0.541. The van der Waals surface area contributed by atoms with Gasteiger partial charge in [-0.25, -0.2) is 5.84 Å². The number of likely N-dealkylation sites (N-methyl/N-ethyl adjacent to an activating group) is 1. The van der Waals surface area contributed by atoms with Gasteiger partial charge in [-0.1, -0.05) is 26.0 Å². The number of hydrogen-bond acceptors (Lipinski definition) is 4. The molecule has 1 aromatic carbocycles. The van der Waals surface area contributed by atoms with Crippen molar-refractivity contribution in [2.75, 3.05) is 25.1 Å². The molecule has 4 nitrogen and oxygen atoms in total. The van der Waals surface area contributed by atoms with Crippen molar-refractivity contribution >= 4 is 5.69 Å². The van der Waals surface area contributed by atoms with Crippen LogP contribution in [-0.4, -0.2) is 25.0 Å². The third-order valence-electron chi connectivity index (χ3n) is 4.37. The molecule has 0 spiro atoms. The zero-order valence-corrected chi connectivity index (χ0v) is 14.1. The summed E-state index contributed by atoms with van der Waals surface area (Å²) in [6, 6.07) is 8.37. The summed E-state index contributed by atoms with van der Waals surface area (Å²) in [4.78, 5) is 2.27.